The van der Waals surface area contributed by atoms with Gasteiger partial charge in [0.05, 0.1) is 34.9 Å². The lowest BCUT2D eigenvalue weighted by atomic mass is 9.89. The Bertz CT molecular complexity index is 1500. The molecule has 0 saturated heterocycles. The average molecular weight is 526 g/mol. The van der Waals surface area contributed by atoms with E-state index < -0.39 is 21.5 Å². The molecule has 4 aromatic rings. The van der Waals surface area contributed by atoms with Gasteiger partial charge in [-0.05, 0) is 54.3 Å². The summed E-state index contributed by atoms with van der Waals surface area (Å²) in [5.74, 6) is -1.53. The minimum absolute atomic E-state index is 0.00244. The maximum absolute atomic E-state index is 14.4. The van der Waals surface area contributed by atoms with E-state index in [1.165, 1.54) is 24.5 Å². The highest BCUT2D eigenvalue weighted by Crippen LogP contribution is 2.34. The normalized spacial score (nSPS) is 13.5. The molecule has 10 heteroatoms. The van der Waals surface area contributed by atoms with E-state index in [1.54, 1.807) is 23.0 Å². The maximum Gasteiger partial charge on any atom is 0.149 e. The smallest absolute Gasteiger partial charge is 0.149 e. The highest BCUT2D eigenvalue weighted by molar-refractivity contribution is 7.90. The van der Waals surface area contributed by atoms with Gasteiger partial charge < -0.3 is 0 Å². The number of aromatic nitrogens is 5. The number of sulfone groups is 1. The number of pyridine rings is 1. The van der Waals surface area contributed by atoms with Crippen LogP contribution in [0.5, 0.6) is 0 Å². The van der Waals surface area contributed by atoms with Crippen LogP contribution in [0, 0.1) is 11.6 Å². The van der Waals surface area contributed by atoms with Crippen LogP contribution in [0.2, 0.25) is 0 Å². The molecule has 3 aromatic heterocycles. The third-order valence-corrected chi connectivity index (χ3v) is 7.36. The van der Waals surface area contributed by atoms with Crippen molar-refractivity contribution in [2.45, 2.75) is 45.6 Å². The summed E-state index contributed by atoms with van der Waals surface area (Å²) in [6, 6.07) is 12.9. The third-order valence-electron chi connectivity index (χ3n) is 6.43. The summed E-state index contributed by atoms with van der Waals surface area (Å²) in [5, 5.41) is 13.1. The summed E-state index contributed by atoms with van der Waals surface area (Å²) >= 11 is 0. The van der Waals surface area contributed by atoms with E-state index in [-0.39, 0.29) is 35.4 Å². The molecule has 1 unspecified atom stereocenters. The molecule has 0 aliphatic rings. The lowest BCUT2D eigenvalue weighted by molar-refractivity contribution is 0.585. The van der Waals surface area contributed by atoms with Gasteiger partial charge in [0.2, 0.25) is 0 Å². The van der Waals surface area contributed by atoms with E-state index >= 15 is 0 Å². The second-order valence-corrected chi connectivity index (χ2v) is 11.5. The van der Waals surface area contributed by atoms with Gasteiger partial charge in [-0.25, -0.2) is 17.2 Å². The van der Waals surface area contributed by atoms with Crippen molar-refractivity contribution >= 4 is 9.84 Å². The van der Waals surface area contributed by atoms with Crippen LogP contribution in [-0.4, -0.2) is 45.4 Å². The van der Waals surface area contributed by atoms with Gasteiger partial charge in [-0.1, -0.05) is 32.9 Å². The number of nitrogens with zero attached hydrogens (tertiary/aromatic N) is 5. The third kappa shape index (κ3) is 6.07. The number of benzene rings is 1. The number of hydrogen-bond acceptors (Lipinski definition) is 6. The predicted molar refractivity (Wildman–Crippen MR) is 139 cm³/mol. The van der Waals surface area contributed by atoms with Crippen LogP contribution in [-0.2, 0) is 16.4 Å². The highest BCUT2D eigenvalue weighted by Gasteiger charge is 2.23. The van der Waals surface area contributed by atoms with E-state index in [2.05, 4.69) is 15.3 Å². The Kier molecular flexibility index (Phi) is 7.77. The Morgan fingerprint density at radius 3 is 2.32 bits per heavy atom. The van der Waals surface area contributed by atoms with Gasteiger partial charge in [-0.3, -0.25) is 9.67 Å². The number of rotatable bonds is 9. The van der Waals surface area contributed by atoms with Crippen molar-refractivity contribution in [2.75, 3.05) is 12.0 Å². The van der Waals surface area contributed by atoms with Gasteiger partial charge >= 0.3 is 0 Å². The lowest BCUT2D eigenvalue weighted by Gasteiger charge is -2.19. The van der Waals surface area contributed by atoms with Gasteiger partial charge in [-0.15, -0.1) is 0 Å². The Balaban J connectivity index is 1.68. The van der Waals surface area contributed by atoms with Crippen LogP contribution < -0.4 is 0 Å². The van der Waals surface area contributed by atoms with Crippen molar-refractivity contribution in [2.24, 2.45) is 0 Å². The fourth-order valence-electron chi connectivity index (χ4n) is 4.09. The maximum atomic E-state index is 14.4. The summed E-state index contributed by atoms with van der Waals surface area (Å²) < 4.78 is 53.4. The lowest BCUT2D eigenvalue weighted by Crippen LogP contribution is -2.12. The van der Waals surface area contributed by atoms with Crippen LogP contribution in [0.25, 0.3) is 22.6 Å². The molecule has 0 aliphatic carbocycles. The topological polar surface area (TPSA) is 90.6 Å². The van der Waals surface area contributed by atoms with E-state index in [0.29, 0.717) is 17.1 Å². The molecule has 0 bridgehead atoms. The zero-order valence-electron chi connectivity index (χ0n) is 21.2. The molecule has 37 heavy (non-hydrogen) atoms. The minimum Gasteiger partial charge on any atom is -0.271 e. The highest BCUT2D eigenvalue weighted by atomic mass is 32.2. The zero-order valence-corrected chi connectivity index (χ0v) is 22.0. The summed E-state index contributed by atoms with van der Waals surface area (Å²) in [4.78, 5) is 4.79. The first-order valence-electron chi connectivity index (χ1n) is 12.1. The first-order valence-corrected chi connectivity index (χ1v) is 14.1. The molecule has 0 aliphatic heterocycles. The first kappa shape index (κ1) is 26.5. The summed E-state index contributed by atoms with van der Waals surface area (Å²) in [6.45, 7) is 6.32. The van der Waals surface area contributed by atoms with Gasteiger partial charge in [0.1, 0.15) is 27.2 Å². The van der Waals surface area contributed by atoms with E-state index in [0.717, 1.165) is 17.7 Å². The summed E-state index contributed by atoms with van der Waals surface area (Å²) in [6.07, 6.45) is 3.73. The van der Waals surface area contributed by atoms with Gasteiger partial charge in [0.15, 0.2) is 0 Å². The second kappa shape index (κ2) is 10.8. The molecule has 3 heterocycles. The van der Waals surface area contributed by atoms with E-state index in [9.17, 15) is 17.2 Å². The molecule has 194 valence electrons. The Hall–Kier alpha value is -3.53. The summed E-state index contributed by atoms with van der Waals surface area (Å²) in [7, 11) is -3.10. The van der Waals surface area contributed by atoms with E-state index in [4.69, 9.17) is 4.98 Å². The number of halogens is 2. The van der Waals surface area contributed by atoms with Crippen molar-refractivity contribution in [1.29, 1.82) is 0 Å². The quantitative estimate of drug-likeness (QED) is 0.291. The van der Waals surface area contributed by atoms with Gasteiger partial charge in [0.25, 0.3) is 0 Å². The zero-order chi connectivity index (χ0) is 26.7. The molecular weight excluding hydrogens is 496 g/mol. The largest absolute Gasteiger partial charge is 0.271 e. The fraction of sp³-hybridized carbons (Fsp3) is 0.333. The molecular formula is C27H29F2N5O2S. The van der Waals surface area contributed by atoms with Crippen molar-refractivity contribution < 1.29 is 17.2 Å². The monoisotopic (exact) mass is 525 g/mol. The molecule has 0 saturated carbocycles. The van der Waals surface area contributed by atoms with Crippen molar-refractivity contribution in [3.05, 3.63) is 83.3 Å². The molecule has 0 fully saturated rings. The number of aryl methyl sites for hydroxylation is 1. The van der Waals surface area contributed by atoms with Crippen molar-refractivity contribution in [3.63, 3.8) is 0 Å². The van der Waals surface area contributed by atoms with Crippen LogP contribution in [0.3, 0.4) is 0 Å². The molecule has 0 spiro atoms. The van der Waals surface area contributed by atoms with Gasteiger partial charge in [-0.2, -0.15) is 15.3 Å². The Morgan fingerprint density at radius 1 is 0.946 bits per heavy atom. The fourth-order valence-corrected chi connectivity index (χ4v) is 4.61. The SMILES string of the molecule is CC[C@H](C)c1cc(-c2c(F)cccc2F)nnc1C(C)c1cccc(-c2ccn(CCS(C)(=O)=O)n2)n1. The Labute approximate surface area is 215 Å². The number of hydrogen-bond donors (Lipinski definition) is 0. The molecule has 4 rings (SSSR count). The van der Waals surface area contributed by atoms with E-state index in [1.807, 2.05) is 39.0 Å². The van der Waals surface area contributed by atoms with Crippen LogP contribution in [0.1, 0.15) is 56.0 Å². The average Bonchev–Trinajstić information content (AvgIpc) is 3.35. The minimum atomic E-state index is -3.10. The van der Waals surface area contributed by atoms with Crippen molar-refractivity contribution in [1.82, 2.24) is 25.0 Å². The second-order valence-electron chi connectivity index (χ2n) is 9.24. The molecule has 0 amide bonds. The molecule has 7 nitrogen and oxygen atoms in total. The standard InChI is InChI=1S/C27H29F2N5O2S/c1-5-17(2)19-16-25(26-20(28)8-6-9-21(26)29)31-32-27(19)18(3)22-10-7-11-23(30-22)24-12-13-34(33-24)14-15-37(4,35)36/h6-13,16-18H,5,14-15H2,1-4H3/t17-,18?/m0/s1. The summed E-state index contributed by atoms with van der Waals surface area (Å²) in [5.41, 5.74) is 3.53. The molecule has 0 N–H and O–H groups in total. The predicted octanol–water partition coefficient (Wildman–Crippen LogP) is 5.39. The van der Waals surface area contributed by atoms with Crippen LogP contribution in [0.4, 0.5) is 8.78 Å². The molecule has 2 atom stereocenters. The van der Waals surface area contributed by atoms with Crippen LogP contribution in [0.15, 0.2) is 54.7 Å². The van der Waals surface area contributed by atoms with Crippen molar-refractivity contribution in [3.8, 4) is 22.6 Å². The molecule has 1 aromatic carbocycles. The van der Waals surface area contributed by atoms with Crippen LogP contribution >= 0.6 is 0 Å². The van der Waals surface area contributed by atoms with Gasteiger partial charge in [0, 0.05) is 24.1 Å². The first-order chi connectivity index (χ1) is 17.6. The molecule has 0 radical (unpaired) electrons. The Morgan fingerprint density at radius 2 is 1.65 bits per heavy atom.